The molecule has 1 aromatic carbocycles. The van der Waals surface area contributed by atoms with Gasteiger partial charge in [-0.1, -0.05) is 37.3 Å². The summed E-state index contributed by atoms with van der Waals surface area (Å²) in [5, 5.41) is 3.34. The number of aliphatic imine (C=N–C) groups is 1. The number of hydrogen-bond acceptors (Lipinski definition) is 3. The van der Waals surface area contributed by atoms with Crippen LogP contribution in [0.2, 0.25) is 0 Å². The summed E-state index contributed by atoms with van der Waals surface area (Å²) in [5.74, 6) is 1.14. The topological polar surface area (TPSA) is 65.0 Å². The number of rotatable bonds is 4. The van der Waals surface area contributed by atoms with Gasteiger partial charge in [-0.3, -0.25) is 4.99 Å². The molecule has 6 nitrogen and oxygen atoms in total. The predicted octanol–water partition coefficient (Wildman–Crippen LogP) is 1.88. The first-order chi connectivity index (χ1) is 11.9. The van der Waals surface area contributed by atoms with E-state index in [0.717, 1.165) is 31.9 Å². The first kappa shape index (κ1) is 21.4. The van der Waals surface area contributed by atoms with Gasteiger partial charge in [0.25, 0.3) is 0 Å². The Morgan fingerprint density at radius 1 is 1.27 bits per heavy atom. The highest BCUT2D eigenvalue weighted by Crippen LogP contribution is 2.33. The molecule has 2 saturated heterocycles. The normalized spacial score (nSPS) is 25.9. The van der Waals surface area contributed by atoms with Gasteiger partial charge in [-0.2, -0.15) is 0 Å². The average molecular weight is 492 g/mol. The third kappa shape index (κ3) is 4.69. The zero-order valence-electron chi connectivity index (χ0n) is 15.5. The highest BCUT2D eigenvalue weighted by Gasteiger charge is 2.36. The van der Waals surface area contributed by atoms with Crippen LogP contribution in [-0.4, -0.2) is 69.1 Å². The standard InChI is InChI=1S/C18H28N4O2S.HI/c1-18(16-7-4-3-5-8-16)9-12-21(15-18)17(19-2)20-10-13-22-11-6-14-25(22,23)24;/h3-5,7-8H,6,9-15H2,1-2H3,(H,19,20);1H. The van der Waals surface area contributed by atoms with E-state index in [9.17, 15) is 8.42 Å². The summed E-state index contributed by atoms with van der Waals surface area (Å²) >= 11 is 0. The van der Waals surface area contributed by atoms with Crippen molar-refractivity contribution in [3.05, 3.63) is 35.9 Å². The van der Waals surface area contributed by atoms with E-state index in [1.54, 1.807) is 11.4 Å². The Labute approximate surface area is 174 Å². The minimum absolute atomic E-state index is 0. The predicted molar refractivity (Wildman–Crippen MR) is 117 cm³/mol. The fourth-order valence-corrected chi connectivity index (χ4v) is 5.31. The Morgan fingerprint density at radius 2 is 2.00 bits per heavy atom. The third-order valence-electron chi connectivity index (χ3n) is 5.30. The van der Waals surface area contributed by atoms with Gasteiger partial charge in [-0.25, -0.2) is 12.7 Å². The Balaban J connectivity index is 0.00000243. The van der Waals surface area contributed by atoms with Crippen LogP contribution in [0.5, 0.6) is 0 Å². The summed E-state index contributed by atoms with van der Waals surface area (Å²) in [7, 11) is -1.24. The van der Waals surface area contributed by atoms with E-state index in [2.05, 4.69) is 46.4 Å². The van der Waals surface area contributed by atoms with Crippen molar-refractivity contribution in [3.8, 4) is 0 Å². The molecule has 3 rings (SSSR count). The van der Waals surface area contributed by atoms with Crippen LogP contribution in [0, 0.1) is 0 Å². The number of halogens is 1. The zero-order valence-corrected chi connectivity index (χ0v) is 18.7. The summed E-state index contributed by atoms with van der Waals surface area (Å²) in [4.78, 5) is 6.66. The number of nitrogens with zero attached hydrogens (tertiary/aromatic N) is 3. The second kappa shape index (κ2) is 8.88. The van der Waals surface area contributed by atoms with E-state index in [4.69, 9.17) is 0 Å². The number of guanidine groups is 1. The maximum Gasteiger partial charge on any atom is 0.214 e. The molecule has 2 heterocycles. The van der Waals surface area contributed by atoms with E-state index < -0.39 is 10.0 Å². The van der Waals surface area contributed by atoms with Crippen LogP contribution in [0.1, 0.15) is 25.3 Å². The van der Waals surface area contributed by atoms with Crippen molar-refractivity contribution in [2.24, 2.45) is 4.99 Å². The molecule has 0 aromatic heterocycles. The summed E-state index contributed by atoms with van der Waals surface area (Å²) in [5.41, 5.74) is 1.48. The monoisotopic (exact) mass is 492 g/mol. The van der Waals surface area contributed by atoms with Crippen LogP contribution in [0.15, 0.2) is 35.3 Å². The molecule has 0 radical (unpaired) electrons. The van der Waals surface area contributed by atoms with E-state index in [0.29, 0.717) is 19.6 Å². The van der Waals surface area contributed by atoms with Crippen LogP contribution in [0.25, 0.3) is 0 Å². The van der Waals surface area contributed by atoms with Gasteiger partial charge in [-0.15, -0.1) is 24.0 Å². The van der Waals surface area contributed by atoms with Crippen LogP contribution in [-0.2, 0) is 15.4 Å². The third-order valence-corrected chi connectivity index (χ3v) is 7.26. The van der Waals surface area contributed by atoms with Gasteiger partial charge in [0.2, 0.25) is 10.0 Å². The van der Waals surface area contributed by atoms with Gasteiger partial charge in [0.15, 0.2) is 5.96 Å². The second-order valence-corrected chi connectivity index (χ2v) is 9.23. The van der Waals surface area contributed by atoms with Crippen LogP contribution in [0.4, 0.5) is 0 Å². The lowest BCUT2D eigenvalue weighted by Crippen LogP contribution is -2.44. The van der Waals surface area contributed by atoms with Crippen molar-refractivity contribution >= 4 is 40.0 Å². The highest BCUT2D eigenvalue weighted by molar-refractivity contribution is 14.0. The quantitative estimate of drug-likeness (QED) is 0.396. The minimum atomic E-state index is -3.03. The molecule has 2 aliphatic heterocycles. The molecule has 2 fully saturated rings. The molecule has 1 aromatic rings. The molecule has 2 aliphatic rings. The fourth-order valence-electron chi connectivity index (χ4n) is 3.79. The van der Waals surface area contributed by atoms with Gasteiger partial charge in [0, 0.05) is 45.2 Å². The van der Waals surface area contributed by atoms with E-state index in [-0.39, 0.29) is 35.1 Å². The molecule has 0 spiro atoms. The molecule has 1 N–H and O–H groups in total. The Kier molecular flexibility index (Phi) is 7.32. The van der Waals surface area contributed by atoms with Crippen molar-refractivity contribution in [1.82, 2.24) is 14.5 Å². The molecule has 8 heteroatoms. The van der Waals surface area contributed by atoms with Gasteiger partial charge in [-0.05, 0) is 18.4 Å². The molecule has 0 saturated carbocycles. The second-order valence-electron chi connectivity index (χ2n) is 7.14. The van der Waals surface area contributed by atoms with E-state index >= 15 is 0 Å². The largest absolute Gasteiger partial charge is 0.355 e. The van der Waals surface area contributed by atoms with Crippen molar-refractivity contribution in [3.63, 3.8) is 0 Å². The molecule has 1 atom stereocenters. The molecule has 0 amide bonds. The first-order valence-electron chi connectivity index (χ1n) is 8.94. The van der Waals surface area contributed by atoms with Gasteiger partial charge in [0.1, 0.15) is 0 Å². The van der Waals surface area contributed by atoms with Gasteiger partial charge in [0.05, 0.1) is 5.75 Å². The molecular formula is C18H29IN4O2S. The maximum absolute atomic E-state index is 11.9. The molecule has 146 valence electrons. The molecule has 1 unspecified atom stereocenters. The minimum Gasteiger partial charge on any atom is -0.355 e. The molecule has 26 heavy (non-hydrogen) atoms. The average Bonchev–Trinajstić information content (AvgIpc) is 3.16. The number of benzene rings is 1. The van der Waals surface area contributed by atoms with Gasteiger partial charge >= 0.3 is 0 Å². The molecule has 0 bridgehead atoms. The number of nitrogens with one attached hydrogen (secondary N) is 1. The molecular weight excluding hydrogens is 463 g/mol. The fraction of sp³-hybridized carbons (Fsp3) is 0.611. The lowest BCUT2D eigenvalue weighted by atomic mass is 9.82. The van der Waals surface area contributed by atoms with Crippen molar-refractivity contribution in [2.75, 3.05) is 45.5 Å². The van der Waals surface area contributed by atoms with Crippen LogP contribution >= 0.6 is 24.0 Å². The lowest BCUT2D eigenvalue weighted by Gasteiger charge is -2.27. The number of hydrogen-bond donors (Lipinski definition) is 1. The summed E-state index contributed by atoms with van der Waals surface area (Å²) in [6, 6.07) is 10.6. The van der Waals surface area contributed by atoms with Crippen molar-refractivity contribution in [2.45, 2.75) is 25.2 Å². The smallest absolute Gasteiger partial charge is 0.214 e. The Bertz CT molecular complexity index is 726. The summed E-state index contributed by atoms with van der Waals surface area (Å²) in [6.45, 7) is 5.90. The SMILES string of the molecule is CN=C(NCCN1CCCS1(=O)=O)N1CCC(C)(c2ccccc2)C1.I. The van der Waals surface area contributed by atoms with Crippen LogP contribution < -0.4 is 5.32 Å². The Hall–Kier alpha value is -0.870. The first-order valence-corrected chi connectivity index (χ1v) is 10.5. The van der Waals surface area contributed by atoms with Crippen molar-refractivity contribution in [1.29, 1.82) is 0 Å². The van der Waals surface area contributed by atoms with E-state index in [1.807, 2.05) is 6.07 Å². The van der Waals surface area contributed by atoms with Gasteiger partial charge < -0.3 is 10.2 Å². The number of likely N-dealkylation sites (tertiary alicyclic amines) is 1. The summed E-state index contributed by atoms with van der Waals surface area (Å²) in [6.07, 6.45) is 1.82. The Morgan fingerprint density at radius 3 is 2.62 bits per heavy atom. The highest BCUT2D eigenvalue weighted by atomic mass is 127. The van der Waals surface area contributed by atoms with E-state index in [1.165, 1.54) is 5.56 Å². The molecule has 0 aliphatic carbocycles. The lowest BCUT2D eigenvalue weighted by molar-refractivity contribution is 0.422. The maximum atomic E-state index is 11.9. The zero-order chi connectivity index (χ0) is 17.9. The van der Waals surface area contributed by atoms with Crippen LogP contribution in [0.3, 0.4) is 0 Å². The summed E-state index contributed by atoms with van der Waals surface area (Å²) < 4.78 is 25.3. The number of sulfonamides is 1. The van der Waals surface area contributed by atoms with Crippen molar-refractivity contribution < 1.29 is 8.42 Å².